The number of hydrogen-bond donors (Lipinski definition) is 1. The number of carbonyl (C=O) groups excluding carboxylic acids is 1. The number of benzene rings is 1. The van der Waals surface area contributed by atoms with E-state index in [9.17, 15) is 18.4 Å². The summed E-state index contributed by atoms with van der Waals surface area (Å²) in [4.78, 5) is 27.6. The number of hydrogen-bond acceptors (Lipinski definition) is 6. The van der Waals surface area contributed by atoms with Gasteiger partial charge in [0, 0.05) is 0 Å². The normalized spacial score (nSPS) is 23.9. The fourth-order valence-electron chi connectivity index (χ4n) is 2.78. The summed E-state index contributed by atoms with van der Waals surface area (Å²) in [6.45, 7) is 1.64. The zero-order valence-electron chi connectivity index (χ0n) is 14.3. The summed E-state index contributed by atoms with van der Waals surface area (Å²) in [6.07, 6.45) is -3.42. The third kappa shape index (κ3) is 4.16. The Morgan fingerprint density at radius 3 is 2.70 bits per heavy atom. The average Bonchev–Trinajstić information content (AvgIpc) is 2.86. The van der Waals surface area contributed by atoms with Crippen molar-refractivity contribution in [3.05, 3.63) is 53.1 Å². The fourth-order valence-corrected chi connectivity index (χ4v) is 5.49. The van der Waals surface area contributed by atoms with Gasteiger partial charge >= 0.3 is 165 Å². The molecule has 1 aliphatic rings. The molecule has 3 rings (SSSR count). The molecule has 7 nitrogen and oxygen atoms in total. The van der Waals surface area contributed by atoms with Crippen molar-refractivity contribution < 1.29 is 23.0 Å². The van der Waals surface area contributed by atoms with Crippen LogP contribution in [0.15, 0.2) is 47.4 Å². The van der Waals surface area contributed by atoms with Crippen LogP contribution < -0.4 is 14.7 Å². The molecule has 1 aliphatic heterocycles. The molecule has 143 valence electrons. The van der Waals surface area contributed by atoms with Gasteiger partial charge in [0.15, 0.2) is 0 Å². The van der Waals surface area contributed by atoms with E-state index < -0.39 is 57.0 Å². The second kappa shape index (κ2) is 7.98. The zero-order chi connectivity index (χ0) is 19.6. The van der Waals surface area contributed by atoms with E-state index in [-0.39, 0.29) is 12.2 Å². The third-order valence-corrected chi connectivity index (χ3v) is 7.34. The number of carbonyl (C=O) groups is 1. The number of aromatic nitrogens is 2. The van der Waals surface area contributed by atoms with E-state index in [0.29, 0.717) is 4.57 Å². The van der Waals surface area contributed by atoms with E-state index >= 15 is 0 Å². The summed E-state index contributed by atoms with van der Waals surface area (Å²) in [5, 5.41) is 0. The van der Waals surface area contributed by atoms with Gasteiger partial charge in [0.1, 0.15) is 0 Å². The Hall–Kier alpha value is -1.93. The van der Waals surface area contributed by atoms with Gasteiger partial charge in [0.05, 0.1) is 0 Å². The molecule has 1 unspecified atom stereocenters. The minimum atomic E-state index is -3.59. The Morgan fingerprint density at radius 2 is 2.07 bits per heavy atom. The van der Waals surface area contributed by atoms with Crippen molar-refractivity contribution in [1.82, 2.24) is 9.55 Å². The van der Waals surface area contributed by atoms with Gasteiger partial charge in [-0.1, -0.05) is 0 Å². The predicted octanol–water partition coefficient (Wildman–Crippen LogP) is 1.30. The van der Waals surface area contributed by atoms with Crippen molar-refractivity contribution in [2.24, 2.45) is 0 Å². The molecule has 1 saturated heterocycles. The second-order valence-corrected chi connectivity index (χ2v) is 10.2. The third-order valence-electron chi connectivity index (χ3n) is 4.06. The molecule has 2 N–H and O–H groups in total. The first-order valence-corrected chi connectivity index (χ1v) is 11.7. The van der Waals surface area contributed by atoms with Gasteiger partial charge in [0.25, 0.3) is 0 Å². The number of halogens is 2. The van der Waals surface area contributed by atoms with E-state index in [0.717, 1.165) is 9.47 Å². The van der Waals surface area contributed by atoms with Gasteiger partial charge in [-0.2, -0.15) is 0 Å². The summed E-state index contributed by atoms with van der Waals surface area (Å²) >= 11 is -1.96. The van der Waals surface area contributed by atoms with Crippen LogP contribution in [-0.4, -0.2) is 54.6 Å². The fraction of sp³-hybridized carbons (Fsp3) is 0.353. The van der Waals surface area contributed by atoms with E-state index in [2.05, 4.69) is 4.98 Å². The van der Waals surface area contributed by atoms with Crippen LogP contribution in [0.4, 0.5) is 19.4 Å². The molecule has 1 aromatic heterocycles. The Balaban J connectivity index is 1.82. The summed E-state index contributed by atoms with van der Waals surface area (Å²) in [5.74, 6) is -3.67. The average molecular weight is 574 g/mol. The summed E-state index contributed by atoms with van der Waals surface area (Å²) < 4.78 is 41.4. The molecule has 1 aromatic carbocycles. The number of rotatable bonds is 5. The summed E-state index contributed by atoms with van der Waals surface area (Å²) in [7, 11) is 0. The predicted molar refractivity (Wildman–Crippen MR) is 94.2 cm³/mol. The van der Waals surface area contributed by atoms with Gasteiger partial charge in [-0.05, 0) is 0 Å². The Kier molecular flexibility index (Phi) is 5.86. The van der Waals surface area contributed by atoms with Crippen molar-refractivity contribution in [2.45, 2.75) is 37.7 Å². The molecule has 0 amide bonds. The van der Waals surface area contributed by atoms with E-state index in [1.807, 2.05) is 6.07 Å². The maximum atomic E-state index is 15.0. The maximum absolute atomic E-state index is 15.0. The van der Waals surface area contributed by atoms with Crippen LogP contribution in [0.25, 0.3) is 0 Å². The van der Waals surface area contributed by atoms with Gasteiger partial charge in [-0.15, -0.1) is 0 Å². The molecular formula is C17H17BiF2N3O4. The van der Waals surface area contributed by atoms with Crippen LogP contribution in [0.1, 0.15) is 19.6 Å². The van der Waals surface area contributed by atoms with Crippen molar-refractivity contribution in [3.8, 4) is 0 Å². The number of nitrogen functional groups attached to an aromatic ring is 1. The van der Waals surface area contributed by atoms with Crippen LogP contribution in [-0.2, 0) is 9.47 Å². The van der Waals surface area contributed by atoms with Crippen molar-refractivity contribution in [2.75, 3.05) is 5.73 Å². The first-order chi connectivity index (χ1) is 12.8. The van der Waals surface area contributed by atoms with E-state index in [1.165, 1.54) is 6.07 Å². The van der Waals surface area contributed by atoms with Crippen LogP contribution in [0.3, 0.4) is 0 Å². The Labute approximate surface area is 165 Å². The summed E-state index contributed by atoms with van der Waals surface area (Å²) in [6, 6.07) is 10.2. The number of nitrogens with two attached hydrogens (primary N) is 1. The number of ether oxygens (including phenoxy) is 2. The molecule has 2 heterocycles. The molecule has 3 atom stereocenters. The number of nitrogens with zero attached hydrogens (tertiary/aromatic N) is 2. The molecule has 2 aromatic rings. The number of anilines is 1. The van der Waals surface area contributed by atoms with Crippen molar-refractivity contribution >= 4 is 36.0 Å². The van der Waals surface area contributed by atoms with E-state index in [4.69, 9.17) is 15.2 Å². The first-order valence-electron chi connectivity index (χ1n) is 8.18. The molecule has 0 aliphatic carbocycles. The first kappa shape index (κ1) is 19.8. The zero-order valence-corrected chi connectivity index (χ0v) is 17.8. The standard InChI is InChI=1S/C11H12F2N3O4.C6H5.Bi/c1-2-6-8(19-5-17)11(12,13)9(20-6)16-4-3-7(14)15-10(16)18;1-2-4-6-5-3-1;/h3-4,6,8-9H,2H2,1H3,(H2,14,15,18);1-5H;/t6-,8?,9-;;/m1../s1. The molecule has 27 heavy (non-hydrogen) atoms. The van der Waals surface area contributed by atoms with Gasteiger partial charge in [-0.3, -0.25) is 0 Å². The molecule has 0 bridgehead atoms. The van der Waals surface area contributed by atoms with Crippen LogP contribution in [0.2, 0.25) is 0 Å². The topological polar surface area (TPSA) is 96.4 Å². The minimum absolute atomic E-state index is 0.0803. The van der Waals surface area contributed by atoms with Crippen molar-refractivity contribution in [1.29, 1.82) is 0 Å². The monoisotopic (exact) mass is 574 g/mol. The SMILES string of the molecule is CC[C@H]1O[C@@H](n2ccc(N)nc2=O)C(F)(F)C1O[C](=O)[Bi][c]1ccccc1. The van der Waals surface area contributed by atoms with Gasteiger partial charge in [-0.25, -0.2) is 0 Å². The second-order valence-electron chi connectivity index (χ2n) is 5.90. The molecule has 1 radical (unpaired) electrons. The molecule has 0 spiro atoms. The van der Waals surface area contributed by atoms with E-state index in [1.54, 1.807) is 31.2 Å². The Morgan fingerprint density at radius 1 is 1.37 bits per heavy atom. The van der Waals surface area contributed by atoms with Crippen molar-refractivity contribution in [3.63, 3.8) is 0 Å². The molecule has 0 saturated carbocycles. The van der Waals surface area contributed by atoms with Crippen LogP contribution in [0.5, 0.6) is 0 Å². The van der Waals surface area contributed by atoms with Gasteiger partial charge < -0.3 is 0 Å². The molecule has 1 fully saturated rings. The van der Waals surface area contributed by atoms with Gasteiger partial charge in [0.2, 0.25) is 0 Å². The molecular weight excluding hydrogens is 557 g/mol. The Bertz CT molecular complexity index is 878. The molecule has 10 heteroatoms. The summed E-state index contributed by atoms with van der Waals surface area (Å²) in [5.41, 5.74) is 4.44. The van der Waals surface area contributed by atoms with Crippen LogP contribution in [0, 0.1) is 0 Å². The number of alkyl halides is 2. The van der Waals surface area contributed by atoms with Crippen LogP contribution >= 0.6 is 0 Å². The quantitative estimate of drug-likeness (QED) is 0.542.